The zero-order chi connectivity index (χ0) is 12.9. The zero-order valence-corrected chi connectivity index (χ0v) is 11.8. The molecule has 1 aromatic carbocycles. The van der Waals surface area contributed by atoms with Crippen molar-refractivity contribution in [3.8, 4) is 11.4 Å². The Bertz CT molecular complexity index is 639. The number of hydrogen-bond acceptors (Lipinski definition) is 2. The zero-order valence-electron chi connectivity index (χ0n) is 10.9. The van der Waals surface area contributed by atoms with Gasteiger partial charge in [0, 0.05) is 11.6 Å². The SMILES string of the molecule is Cc1cc(C)c(-c2n[nH]c(=S)n2C2CC2)c(C)c1. The standard InChI is InChI=1S/C14H17N3S/c1-8-6-9(2)12(10(3)7-8)13-15-16-14(18)17(13)11-4-5-11/h6-7,11H,4-5H2,1-3H3,(H,16,18). The largest absolute Gasteiger partial charge is 0.297 e. The van der Waals surface area contributed by atoms with Crippen LogP contribution in [0.15, 0.2) is 12.1 Å². The Labute approximate surface area is 112 Å². The van der Waals surface area contributed by atoms with Crippen LogP contribution < -0.4 is 0 Å². The first-order chi connectivity index (χ1) is 8.58. The van der Waals surface area contributed by atoms with Crippen LogP contribution in [0.25, 0.3) is 11.4 Å². The third-order valence-electron chi connectivity index (χ3n) is 3.52. The van der Waals surface area contributed by atoms with Gasteiger partial charge in [0.05, 0.1) is 0 Å². The second-order valence-electron chi connectivity index (χ2n) is 5.23. The molecule has 1 heterocycles. The molecule has 18 heavy (non-hydrogen) atoms. The van der Waals surface area contributed by atoms with Crippen molar-refractivity contribution >= 4 is 12.2 Å². The average molecular weight is 259 g/mol. The lowest BCUT2D eigenvalue weighted by atomic mass is 9.99. The summed E-state index contributed by atoms with van der Waals surface area (Å²) in [6.45, 7) is 6.41. The lowest BCUT2D eigenvalue weighted by Crippen LogP contribution is -2.01. The Balaban J connectivity index is 2.24. The van der Waals surface area contributed by atoms with Gasteiger partial charge in [0.25, 0.3) is 0 Å². The van der Waals surface area contributed by atoms with E-state index < -0.39 is 0 Å². The number of aromatic amines is 1. The minimum atomic E-state index is 0.548. The lowest BCUT2D eigenvalue weighted by molar-refractivity contribution is 0.734. The number of H-pyrrole nitrogens is 1. The van der Waals surface area contributed by atoms with E-state index in [4.69, 9.17) is 12.2 Å². The molecule has 3 rings (SSSR count). The molecule has 1 saturated carbocycles. The second-order valence-corrected chi connectivity index (χ2v) is 5.61. The summed E-state index contributed by atoms with van der Waals surface area (Å²) in [6.07, 6.45) is 2.43. The van der Waals surface area contributed by atoms with E-state index in [1.165, 1.54) is 35.1 Å². The van der Waals surface area contributed by atoms with E-state index in [-0.39, 0.29) is 0 Å². The molecule has 0 amide bonds. The average Bonchev–Trinajstić information content (AvgIpc) is 3.03. The summed E-state index contributed by atoms with van der Waals surface area (Å²) in [5, 5.41) is 7.39. The van der Waals surface area contributed by atoms with Crippen LogP contribution in [0.5, 0.6) is 0 Å². The van der Waals surface area contributed by atoms with Crippen LogP contribution in [0.3, 0.4) is 0 Å². The maximum absolute atomic E-state index is 5.35. The van der Waals surface area contributed by atoms with E-state index in [1.807, 2.05) is 0 Å². The molecular formula is C14H17N3S. The van der Waals surface area contributed by atoms with E-state index >= 15 is 0 Å². The number of rotatable bonds is 2. The fourth-order valence-corrected chi connectivity index (χ4v) is 2.97. The summed E-state index contributed by atoms with van der Waals surface area (Å²) in [5.74, 6) is 0.998. The molecule has 0 aliphatic heterocycles. The molecule has 1 N–H and O–H groups in total. The third kappa shape index (κ3) is 1.81. The minimum Gasteiger partial charge on any atom is -0.297 e. The van der Waals surface area contributed by atoms with Gasteiger partial charge in [-0.2, -0.15) is 5.10 Å². The van der Waals surface area contributed by atoms with Crippen molar-refractivity contribution in [2.75, 3.05) is 0 Å². The highest BCUT2D eigenvalue weighted by molar-refractivity contribution is 7.71. The molecule has 0 radical (unpaired) electrons. The van der Waals surface area contributed by atoms with Gasteiger partial charge in [-0.25, -0.2) is 0 Å². The summed E-state index contributed by atoms with van der Waals surface area (Å²) in [4.78, 5) is 0. The fraction of sp³-hybridized carbons (Fsp3) is 0.429. The molecule has 0 unspecified atom stereocenters. The number of benzene rings is 1. The van der Waals surface area contributed by atoms with Crippen molar-refractivity contribution in [3.63, 3.8) is 0 Å². The molecule has 0 saturated heterocycles. The lowest BCUT2D eigenvalue weighted by Gasteiger charge is -2.12. The number of aryl methyl sites for hydroxylation is 3. The van der Waals surface area contributed by atoms with Crippen molar-refractivity contribution in [2.24, 2.45) is 0 Å². The minimum absolute atomic E-state index is 0.548. The van der Waals surface area contributed by atoms with E-state index in [0.29, 0.717) is 6.04 Å². The highest BCUT2D eigenvalue weighted by Crippen LogP contribution is 2.39. The summed E-state index contributed by atoms with van der Waals surface area (Å²) in [7, 11) is 0. The van der Waals surface area contributed by atoms with Gasteiger partial charge < -0.3 is 0 Å². The number of nitrogens with zero attached hydrogens (tertiary/aromatic N) is 2. The first kappa shape index (κ1) is 11.7. The molecule has 1 aliphatic carbocycles. The van der Waals surface area contributed by atoms with E-state index in [0.717, 1.165) is 10.6 Å². The summed E-state index contributed by atoms with van der Waals surface area (Å²) in [5.41, 5.74) is 5.05. The van der Waals surface area contributed by atoms with Crippen LogP contribution in [0.2, 0.25) is 0 Å². The Morgan fingerprint density at radius 1 is 1.22 bits per heavy atom. The molecule has 1 fully saturated rings. The molecule has 1 aliphatic rings. The van der Waals surface area contributed by atoms with Crippen molar-refractivity contribution < 1.29 is 0 Å². The van der Waals surface area contributed by atoms with Crippen LogP contribution in [-0.4, -0.2) is 14.8 Å². The van der Waals surface area contributed by atoms with Crippen molar-refractivity contribution in [1.29, 1.82) is 0 Å². The van der Waals surface area contributed by atoms with Gasteiger partial charge in [-0.1, -0.05) is 17.7 Å². The summed E-state index contributed by atoms with van der Waals surface area (Å²) < 4.78 is 2.92. The number of hydrogen-bond donors (Lipinski definition) is 1. The molecule has 1 aromatic heterocycles. The number of nitrogens with one attached hydrogen (secondary N) is 1. The van der Waals surface area contributed by atoms with E-state index in [2.05, 4.69) is 47.7 Å². The first-order valence-corrected chi connectivity index (χ1v) is 6.74. The Hall–Kier alpha value is -1.42. The number of aromatic nitrogens is 3. The maximum Gasteiger partial charge on any atom is 0.195 e. The summed E-state index contributed by atoms with van der Waals surface area (Å²) >= 11 is 5.35. The second kappa shape index (κ2) is 4.05. The highest BCUT2D eigenvalue weighted by atomic mass is 32.1. The monoisotopic (exact) mass is 259 g/mol. The molecular weight excluding hydrogens is 242 g/mol. The van der Waals surface area contributed by atoms with Gasteiger partial charge >= 0.3 is 0 Å². The van der Waals surface area contributed by atoms with Gasteiger partial charge in [0.2, 0.25) is 0 Å². The van der Waals surface area contributed by atoms with Gasteiger partial charge in [-0.05, 0) is 57.0 Å². The fourth-order valence-electron chi connectivity index (χ4n) is 2.69. The predicted molar refractivity (Wildman–Crippen MR) is 75.3 cm³/mol. The third-order valence-corrected chi connectivity index (χ3v) is 3.81. The molecule has 0 bridgehead atoms. The predicted octanol–water partition coefficient (Wildman–Crippen LogP) is 3.87. The maximum atomic E-state index is 5.35. The van der Waals surface area contributed by atoms with E-state index in [1.54, 1.807) is 0 Å². The van der Waals surface area contributed by atoms with Gasteiger partial charge in [-0.3, -0.25) is 9.67 Å². The summed E-state index contributed by atoms with van der Waals surface area (Å²) in [6, 6.07) is 4.96. The van der Waals surface area contributed by atoms with Crippen LogP contribution in [-0.2, 0) is 0 Å². The van der Waals surface area contributed by atoms with Crippen molar-refractivity contribution in [3.05, 3.63) is 33.6 Å². The van der Waals surface area contributed by atoms with Crippen LogP contribution in [0.4, 0.5) is 0 Å². The van der Waals surface area contributed by atoms with Crippen LogP contribution in [0, 0.1) is 25.5 Å². The van der Waals surface area contributed by atoms with Gasteiger partial charge in [0.15, 0.2) is 10.6 Å². The van der Waals surface area contributed by atoms with Crippen LogP contribution >= 0.6 is 12.2 Å². The van der Waals surface area contributed by atoms with Gasteiger partial charge in [-0.15, -0.1) is 0 Å². The Morgan fingerprint density at radius 3 is 2.39 bits per heavy atom. The molecule has 3 nitrogen and oxygen atoms in total. The molecule has 2 aromatic rings. The Kier molecular flexibility index (Phi) is 2.63. The van der Waals surface area contributed by atoms with Crippen LogP contribution in [0.1, 0.15) is 35.6 Å². The Morgan fingerprint density at radius 2 is 1.83 bits per heavy atom. The van der Waals surface area contributed by atoms with Crippen molar-refractivity contribution in [1.82, 2.24) is 14.8 Å². The quantitative estimate of drug-likeness (QED) is 0.831. The molecule has 4 heteroatoms. The topological polar surface area (TPSA) is 33.6 Å². The molecule has 0 atom stereocenters. The van der Waals surface area contributed by atoms with Gasteiger partial charge in [0.1, 0.15) is 0 Å². The molecule has 94 valence electrons. The normalized spacial score (nSPS) is 15.1. The van der Waals surface area contributed by atoms with E-state index in [9.17, 15) is 0 Å². The smallest absolute Gasteiger partial charge is 0.195 e. The first-order valence-electron chi connectivity index (χ1n) is 6.33. The van der Waals surface area contributed by atoms with Crippen molar-refractivity contribution in [2.45, 2.75) is 39.7 Å². The molecule has 0 spiro atoms. The highest BCUT2D eigenvalue weighted by Gasteiger charge is 2.28.